The van der Waals surface area contributed by atoms with E-state index in [9.17, 15) is 0 Å². The van der Waals surface area contributed by atoms with Gasteiger partial charge in [-0.3, -0.25) is 0 Å². The van der Waals surface area contributed by atoms with Crippen molar-refractivity contribution in [2.24, 2.45) is 0 Å². The lowest BCUT2D eigenvalue weighted by molar-refractivity contribution is 1.27. The second-order valence-electron chi connectivity index (χ2n) is 3.97. The van der Waals surface area contributed by atoms with Gasteiger partial charge in [0.1, 0.15) is 0 Å². The third-order valence-corrected chi connectivity index (χ3v) is 2.90. The van der Waals surface area contributed by atoms with E-state index in [4.69, 9.17) is 17.3 Å². The quantitative estimate of drug-likeness (QED) is 0.851. The number of anilines is 3. The smallest absolute Gasteiger partial charge is 0.153 e. The molecule has 0 atom stereocenters. The Morgan fingerprint density at radius 3 is 2.71 bits per heavy atom. The summed E-state index contributed by atoms with van der Waals surface area (Å²) in [5.41, 5.74) is 9.64. The number of rotatable bonds is 2. The summed E-state index contributed by atoms with van der Waals surface area (Å²) in [6.45, 7) is 3.96. The molecular formula is C13H14ClN3. The summed E-state index contributed by atoms with van der Waals surface area (Å²) in [6.07, 6.45) is 1.73. The second kappa shape index (κ2) is 4.63. The number of hydrogen-bond acceptors (Lipinski definition) is 3. The Balaban J connectivity index is 2.38. The molecule has 1 aromatic heterocycles. The Bertz CT molecular complexity index is 552. The highest BCUT2D eigenvalue weighted by atomic mass is 35.5. The average Bonchev–Trinajstić information content (AvgIpc) is 2.30. The van der Waals surface area contributed by atoms with Gasteiger partial charge in [-0.05, 0) is 43.2 Å². The Kier molecular flexibility index (Phi) is 3.20. The normalized spacial score (nSPS) is 10.3. The molecule has 1 aromatic carbocycles. The fourth-order valence-corrected chi connectivity index (χ4v) is 1.70. The van der Waals surface area contributed by atoms with Gasteiger partial charge in [0.25, 0.3) is 0 Å². The largest absolute Gasteiger partial charge is 0.396 e. The van der Waals surface area contributed by atoms with E-state index in [1.807, 2.05) is 38.1 Å². The molecule has 0 radical (unpaired) electrons. The first-order valence-corrected chi connectivity index (χ1v) is 5.70. The first-order valence-electron chi connectivity index (χ1n) is 5.32. The van der Waals surface area contributed by atoms with E-state index >= 15 is 0 Å². The van der Waals surface area contributed by atoms with Crippen LogP contribution >= 0.6 is 11.6 Å². The van der Waals surface area contributed by atoms with Crippen LogP contribution in [0.3, 0.4) is 0 Å². The maximum atomic E-state index is 5.96. The molecule has 0 saturated carbocycles. The second-order valence-corrected chi connectivity index (χ2v) is 4.41. The van der Waals surface area contributed by atoms with Gasteiger partial charge in [-0.2, -0.15) is 0 Å². The molecule has 0 saturated heterocycles. The van der Waals surface area contributed by atoms with Crippen molar-refractivity contribution < 1.29 is 0 Å². The summed E-state index contributed by atoms with van der Waals surface area (Å²) in [4.78, 5) is 4.23. The Labute approximate surface area is 106 Å². The molecule has 0 aliphatic heterocycles. The van der Waals surface area contributed by atoms with E-state index in [2.05, 4.69) is 10.3 Å². The van der Waals surface area contributed by atoms with Crippen molar-refractivity contribution in [2.45, 2.75) is 13.8 Å². The molecular weight excluding hydrogens is 234 g/mol. The molecule has 88 valence electrons. The fourth-order valence-electron chi connectivity index (χ4n) is 1.53. The number of nitrogen functional groups attached to an aromatic ring is 1. The van der Waals surface area contributed by atoms with E-state index in [-0.39, 0.29) is 0 Å². The van der Waals surface area contributed by atoms with Crippen molar-refractivity contribution >= 4 is 28.8 Å². The minimum atomic E-state index is 0.659. The van der Waals surface area contributed by atoms with Crippen LogP contribution in [-0.4, -0.2) is 4.98 Å². The van der Waals surface area contributed by atoms with Gasteiger partial charge >= 0.3 is 0 Å². The summed E-state index contributed by atoms with van der Waals surface area (Å²) < 4.78 is 0. The highest BCUT2D eigenvalue weighted by molar-refractivity contribution is 6.30. The number of nitrogens with zero attached hydrogens (tertiary/aromatic N) is 1. The van der Waals surface area contributed by atoms with Crippen LogP contribution in [0.25, 0.3) is 0 Å². The van der Waals surface area contributed by atoms with Crippen molar-refractivity contribution in [1.82, 2.24) is 4.98 Å². The van der Waals surface area contributed by atoms with E-state index in [0.717, 1.165) is 16.8 Å². The van der Waals surface area contributed by atoms with Gasteiger partial charge in [0.05, 0.1) is 5.69 Å². The third kappa shape index (κ3) is 2.50. The lowest BCUT2D eigenvalue weighted by atomic mass is 10.2. The molecule has 0 spiro atoms. The van der Waals surface area contributed by atoms with Crippen molar-refractivity contribution in [3.05, 3.63) is 46.6 Å². The first kappa shape index (κ1) is 11.7. The predicted octanol–water partition coefficient (Wildman–Crippen LogP) is 3.68. The SMILES string of the molecule is Cc1ccc(Cl)cc1Nc1nccc(C)c1N. The molecule has 3 N–H and O–H groups in total. The van der Waals surface area contributed by atoms with E-state index in [1.54, 1.807) is 6.20 Å². The van der Waals surface area contributed by atoms with Gasteiger partial charge in [0.2, 0.25) is 0 Å². The van der Waals surface area contributed by atoms with Crippen LogP contribution in [-0.2, 0) is 0 Å². The van der Waals surface area contributed by atoms with E-state index in [1.165, 1.54) is 0 Å². The molecule has 0 unspecified atom stereocenters. The molecule has 17 heavy (non-hydrogen) atoms. The number of hydrogen-bond donors (Lipinski definition) is 2. The lowest BCUT2D eigenvalue weighted by Crippen LogP contribution is -2.01. The minimum Gasteiger partial charge on any atom is -0.396 e. The number of halogens is 1. The Hall–Kier alpha value is -1.74. The zero-order valence-corrected chi connectivity index (χ0v) is 10.5. The number of aromatic nitrogens is 1. The van der Waals surface area contributed by atoms with Crippen molar-refractivity contribution in [2.75, 3.05) is 11.1 Å². The molecule has 4 heteroatoms. The van der Waals surface area contributed by atoms with Crippen LogP contribution in [0, 0.1) is 13.8 Å². The summed E-state index contributed by atoms with van der Waals surface area (Å²) >= 11 is 5.96. The zero-order chi connectivity index (χ0) is 12.4. The molecule has 3 nitrogen and oxygen atoms in total. The molecule has 0 bridgehead atoms. The van der Waals surface area contributed by atoms with Crippen LogP contribution in [0.4, 0.5) is 17.2 Å². The van der Waals surface area contributed by atoms with Crippen LogP contribution in [0.1, 0.15) is 11.1 Å². The molecule has 0 fully saturated rings. The van der Waals surface area contributed by atoms with Crippen LogP contribution in [0.15, 0.2) is 30.5 Å². The monoisotopic (exact) mass is 247 g/mol. The zero-order valence-electron chi connectivity index (χ0n) is 9.79. The summed E-state index contributed by atoms with van der Waals surface area (Å²) in [6, 6.07) is 7.55. The van der Waals surface area contributed by atoms with Gasteiger partial charge in [-0.15, -0.1) is 0 Å². The topological polar surface area (TPSA) is 50.9 Å². The van der Waals surface area contributed by atoms with Gasteiger partial charge in [0, 0.05) is 16.9 Å². The highest BCUT2D eigenvalue weighted by Crippen LogP contribution is 2.27. The summed E-state index contributed by atoms with van der Waals surface area (Å²) in [5.74, 6) is 0.662. The molecule has 0 aliphatic carbocycles. The molecule has 2 aromatic rings. The molecule has 0 amide bonds. The van der Waals surface area contributed by atoms with Crippen molar-refractivity contribution in [3.8, 4) is 0 Å². The summed E-state index contributed by atoms with van der Waals surface area (Å²) in [5, 5.41) is 3.89. The summed E-state index contributed by atoms with van der Waals surface area (Å²) in [7, 11) is 0. The van der Waals surface area contributed by atoms with Crippen LogP contribution in [0.2, 0.25) is 5.02 Å². The number of benzene rings is 1. The van der Waals surface area contributed by atoms with E-state index in [0.29, 0.717) is 16.5 Å². The predicted molar refractivity (Wildman–Crippen MR) is 72.9 cm³/mol. The first-order chi connectivity index (χ1) is 8.08. The molecule has 1 heterocycles. The lowest BCUT2D eigenvalue weighted by Gasteiger charge is -2.12. The van der Waals surface area contributed by atoms with Crippen molar-refractivity contribution in [3.63, 3.8) is 0 Å². The minimum absolute atomic E-state index is 0.659. The standard InChI is InChI=1S/C13H14ClN3/c1-8-3-4-10(14)7-11(8)17-13-12(15)9(2)5-6-16-13/h3-7H,15H2,1-2H3,(H,16,17). The highest BCUT2D eigenvalue weighted by Gasteiger charge is 2.05. The Morgan fingerprint density at radius 1 is 1.18 bits per heavy atom. The number of nitrogens with one attached hydrogen (secondary N) is 1. The van der Waals surface area contributed by atoms with E-state index < -0.39 is 0 Å². The third-order valence-electron chi connectivity index (χ3n) is 2.66. The molecule has 0 aliphatic rings. The maximum Gasteiger partial charge on any atom is 0.153 e. The number of aryl methyl sites for hydroxylation is 2. The fraction of sp³-hybridized carbons (Fsp3) is 0.154. The van der Waals surface area contributed by atoms with Gasteiger partial charge in [0.15, 0.2) is 5.82 Å². The number of pyridine rings is 1. The molecule has 2 rings (SSSR count). The van der Waals surface area contributed by atoms with Crippen LogP contribution < -0.4 is 11.1 Å². The van der Waals surface area contributed by atoms with Gasteiger partial charge in [-0.25, -0.2) is 4.98 Å². The number of nitrogens with two attached hydrogens (primary N) is 1. The van der Waals surface area contributed by atoms with Gasteiger partial charge in [-0.1, -0.05) is 17.7 Å². The maximum absolute atomic E-state index is 5.96. The average molecular weight is 248 g/mol. The van der Waals surface area contributed by atoms with Gasteiger partial charge < -0.3 is 11.1 Å². The van der Waals surface area contributed by atoms with Crippen molar-refractivity contribution in [1.29, 1.82) is 0 Å². The Morgan fingerprint density at radius 2 is 1.94 bits per heavy atom. The van der Waals surface area contributed by atoms with Crippen LogP contribution in [0.5, 0.6) is 0 Å².